The molecule has 88 valence electrons. The average molecular weight is 247 g/mol. The predicted octanol–water partition coefficient (Wildman–Crippen LogP) is 2.21. The third-order valence-electron chi connectivity index (χ3n) is 2.29. The van der Waals surface area contributed by atoms with Crippen molar-refractivity contribution in [3.63, 3.8) is 0 Å². The van der Waals surface area contributed by atoms with Crippen LogP contribution < -0.4 is 11.1 Å². The Kier molecular flexibility index (Phi) is 3.39. The lowest BCUT2D eigenvalue weighted by molar-refractivity contribution is -0.115. The number of aromatic nitrogens is 1. The first-order valence-electron chi connectivity index (χ1n) is 5.22. The van der Waals surface area contributed by atoms with E-state index in [4.69, 9.17) is 5.73 Å². The Hall–Kier alpha value is -1.88. The Morgan fingerprint density at radius 1 is 1.41 bits per heavy atom. The number of nitrogens with two attached hydrogens (primary N) is 1. The molecule has 0 unspecified atom stereocenters. The highest BCUT2D eigenvalue weighted by molar-refractivity contribution is 7.19. The molecule has 0 spiro atoms. The quantitative estimate of drug-likeness (QED) is 0.873. The summed E-state index contributed by atoms with van der Waals surface area (Å²) in [4.78, 5) is 15.9. The number of carbonyl (C=O) groups excluding carboxylic acids is 1. The van der Waals surface area contributed by atoms with E-state index in [-0.39, 0.29) is 5.91 Å². The van der Waals surface area contributed by atoms with Crippen LogP contribution in [0.3, 0.4) is 0 Å². The maximum Gasteiger partial charge on any atom is 0.230 e. The van der Waals surface area contributed by atoms with Gasteiger partial charge in [0.1, 0.15) is 5.00 Å². The molecular weight excluding hydrogens is 234 g/mol. The Morgan fingerprint density at radius 3 is 2.71 bits per heavy atom. The summed E-state index contributed by atoms with van der Waals surface area (Å²) in [6.45, 7) is 1.82. The molecule has 0 aliphatic heterocycles. The van der Waals surface area contributed by atoms with Gasteiger partial charge < -0.3 is 11.1 Å². The molecule has 1 heterocycles. The highest BCUT2D eigenvalue weighted by Gasteiger charge is 2.08. The van der Waals surface area contributed by atoms with Crippen LogP contribution in [-0.2, 0) is 11.2 Å². The van der Waals surface area contributed by atoms with Crippen LogP contribution in [-0.4, -0.2) is 10.9 Å². The highest BCUT2D eigenvalue weighted by atomic mass is 32.1. The summed E-state index contributed by atoms with van der Waals surface area (Å²) >= 11 is 1.29. The molecule has 2 rings (SSSR count). The van der Waals surface area contributed by atoms with Gasteiger partial charge in [-0.2, -0.15) is 0 Å². The van der Waals surface area contributed by atoms with E-state index in [0.717, 1.165) is 11.3 Å². The molecule has 1 amide bonds. The van der Waals surface area contributed by atoms with Crippen molar-refractivity contribution >= 4 is 27.4 Å². The minimum absolute atomic E-state index is 0.0787. The molecule has 17 heavy (non-hydrogen) atoms. The van der Waals surface area contributed by atoms with Crippen molar-refractivity contribution in [1.29, 1.82) is 0 Å². The van der Waals surface area contributed by atoms with Gasteiger partial charge in [-0.1, -0.05) is 41.7 Å². The number of nitrogen functional groups attached to an aromatic ring is 1. The van der Waals surface area contributed by atoms with Crippen LogP contribution in [0, 0.1) is 6.92 Å². The van der Waals surface area contributed by atoms with E-state index in [1.165, 1.54) is 11.3 Å². The van der Waals surface area contributed by atoms with E-state index in [1.807, 2.05) is 37.3 Å². The van der Waals surface area contributed by atoms with Crippen molar-refractivity contribution in [1.82, 2.24) is 4.98 Å². The summed E-state index contributed by atoms with van der Waals surface area (Å²) in [6.07, 6.45) is 0.347. The maximum absolute atomic E-state index is 11.7. The molecule has 0 bridgehead atoms. The van der Waals surface area contributed by atoms with Crippen LogP contribution in [0.25, 0.3) is 0 Å². The second-order valence-corrected chi connectivity index (χ2v) is 4.71. The van der Waals surface area contributed by atoms with Crippen molar-refractivity contribution in [2.75, 3.05) is 11.1 Å². The Bertz CT molecular complexity index is 502. The molecule has 4 nitrogen and oxygen atoms in total. The Balaban J connectivity index is 1.98. The number of hydrogen-bond acceptors (Lipinski definition) is 4. The average Bonchev–Trinajstić information content (AvgIpc) is 2.59. The Morgan fingerprint density at radius 2 is 2.12 bits per heavy atom. The van der Waals surface area contributed by atoms with Crippen LogP contribution in [0.2, 0.25) is 0 Å². The fourth-order valence-corrected chi connectivity index (χ4v) is 2.16. The van der Waals surface area contributed by atoms with Crippen LogP contribution in [0.1, 0.15) is 11.3 Å². The number of amides is 1. The predicted molar refractivity (Wildman–Crippen MR) is 70.0 cm³/mol. The van der Waals surface area contributed by atoms with Gasteiger partial charge in [0.2, 0.25) is 5.91 Å². The number of carbonyl (C=O) groups is 1. The lowest BCUT2D eigenvalue weighted by Gasteiger charge is -2.01. The molecule has 5 heteroatoms. The zero-order chi connectivity index (χ0) is 12.3. The van der Waals surface area contributed by atoms with Crippen LogP contribution in [0.4, 0.5) is 10.1 Å². The first kappa shape index (κ1) is 11.6. The minimum atomic E-state index is -0.0787. The van der Waals surface area contributed by atoms with E-state index >= 15 is 0 Å². The van der Waals surface area contributed by atoms with Gasteiger partial charge in [0.25, 0.3) is 0 Å². The number of benzene rings is 1. The first-order valence-corrected chi connectivity index (χ1v) is 6.03. The molecule has 3 N–H and O–H groups in total. The second-order valence-electron chi connectivity index (χ2n) is 3.68. The highest BCUT2D eigenvalue weighted by Crippen LogP contribution is 2.24. The summed E-state index contributed by atoms with van der Waals surface area (Å²) in [6, 6.07) is 9.58. The van der Waals surface area contributed by atoms with Gasteiger partial charge in [-0.15, -0.1) is 0 Å². The van der Waals surface area contributed by atoms with Gasteiger partial charge >= 0.3 is 0 Å². The van der Waals surface area contributed by atoms with Crippen LogP contribution in [0.5, 0.6) is 0 Å². The number of aryl methyl sites for hydroxylation is 1. The minimum Gasteiger partial charge on any atom is -0.389 e. The largest absolute Gasteiger partial charge is 0.389 e. The zero-order valence-electron chi connectivity index (χ0n) is 9.43. The molecule has 0 saturated heterocycles. The van der Waals surface area contributed by atoms with Gasteiger partial charge in [-0.05, 0) is 12.5 Å². The molecule has 0 radical (unpaired) electrons. The van der Waals surface area contributed by atoms with E-state index in [0.29, 0.717) is 16.6 Å². The second kappa shape index (κ2) is 4.97. The standard InChI is InChI=1S/C12H13N3OS/c1-8-11(13)17-12(14-8)15-10(16)7-9-5-3-2-4-6-9/h2-6H,7,13H2,1H3,(H,14,15,16). The van der Waals surface area contributed by atoms with Gasteiger partial charge in [0.15, 0.2) is 5.13 Å². The smallest absolute Gasteiger partial charge is 0.230 e. The van der Waals surface area contributed by atoms with Gasteiger partial charge in [-0.25, -0.2) is 4.98 Å². The monoisotopic (exact) mass is 247 g/mol. The number of rotatable bonds is 3. The lowest BCUT2D eigenvalue weighted by atomic mass is 10.1. The normalized spacial score (nSPS) is 10.2. The summed E-state index contributed by atoms with van der Waals surface area (Å²) in [7, 11) is 0. The molecule has 0 fully saturated rings. The summed E-state index contributed by atoms with van der Waals surface area (Å²) < 4.78 is 0. The van der Waals surface area contributed by atoms with E-state index in [1.54, 1.807) is 0 Å². The molecule has 1 aromatic heterocycles. The Labute approximate surface area is 103 Å². The van der Waals surface area contributed by atoms with Crippen molar-refractivity contribution < 1.29 is 4.79 Å². The third-order valence-corrected chi connectivity index (χ3v) is 3.19. The number of hydrogen-bond donors (Lipinski definition) is 2. The van der Waals surface area contributed by atoms with Crippen molar-refractivity contribution in [2.45, 2.75) is 13.3 Å². The third kappa shape index (κ3) is 3.04. The van der Waals surface area contributed by atoms with Gasteiger partial charge in [-0.3, -0.25) is 4.79 Å². The lowest BCUT2D eigenvalue weighted by Crippen LogP contribution is -2.14. The van der Waals surface area contributed by atoms with Crippen molar-refractivity contribution in [3.8, 4) is 0 Å². The van der Waals surface area contributed by atoms with Crippen molar-refractivity contribution in [2.24, 2.45) is 0 Å². The molecule has 1 aromatic carbocycles. The summed E-state index contributed by atoms with van der Waals surface area (Å²) in [5.41, 5.74) is 7.41. The summed E-state index contributed by atoms with van der Waals surface area (Å²) in [5, 5.41) is 3.94. The zero-order valence-corrected chi connectivity index (χ0v) is 10.3. The molecule has 0 aliphatic rings. The molecule has 2 aromatic rings. The molecule has 0 atom stereocenters. The first-order chi connectivity index (χ1) is 8.15. The van der Waals surface area contributed by atoms with Crippen molar-refractivity contribution in [3.05, 3.63) is 41.6 Å². The summed E-state index contributed by atoms with van der Waals surface area (Å²) in [5.74, 6) is -0.0787. The van der Waals surface area contributed by atoms with E-state index < -0.39 is 0 Å². The number of anilines is 2. The fraction of sp³-hybridized carbons (Fsp3) is 0.167. The number of nitrogens with zero attached hydrogens (tertiary/aromatic N) is 1. The number of thiazole rings is 1. The molecule has 0 saturated carbocycles. The van der Waals surface area contributed by atoms with E-state index in [9.17, 15) is 4.79 Å². The van der Waals surface area contributed by atoms with E-state index in [2.05, 4.69) is 10.3 Å². The fourth-order valence-electron chi connectivity index (χ4n) is 1.41. The van der Waals surface area contributed by atoms with Crippen LogP contribution >= 0.6 is 11.3 Å². The molecular formula is C12H13N3OS. The number of nitrogens with one attached hydrogen (secondary N) is 1. The van der Waals surface area contributed by atoms with Crippen LogP contribution in [0.15, 0.2) is 30.3 Å². The van der Waals surface area contributed by atoms with Gasteiger partial charge in [0, 0.05) is 0 Å². The maximum atomic E-state index is 11.7. The van der Waals surface area contributed by atoms with Gasteiger partial charge in [0.05, 0.1) is 12.1 Å². The molecule has 0 aliphatic carbocycles. The SMILES string of the molecule is Cc1nc(NC(=O)Cc2ccccc2)sc1N. The topological polar surface area (TPSA) is 68.0 Å².